The van der Waals surface area contributed by atoms with Crippen LogP contribution in [0.15, 0.2) is 57.5 Å². The molecule has 0 aliphatic rings. The van der Waals surface area contributed by atoms with Gasteiger partial charge in [0.15, 0.2) is 11.6 Å². The van der Waals surface area contributed by atoms with Gasteiger partial charge in [-0.1, -0.05) is 56.1 Å². The Morgan fingerprint density at radius 1 is 0.630 bits per heavy atom. The number of carbonyl (C=O) groups excluding carboxylic acids is 4. The first-order valence-electron chi connectivity index (χ1n) is 7.75. The largest absolute Gasteiger partial charge is 0.300 e. The van der Waals surface area contributed by atoms with Crippen molar-refractivity contribution in [2.75, 3.05) is 0 Å². The third kappa shape index (κ3) is 10.5. The molecule has 0 fully saturated rings. The number of halogens is 2. The number of carbonyl (C=O) groups is 4. The third-order valence-corrected chi connectivity index (χ3v) is 4.21. The van der Waals surface area contributed by atoms with Gasteiger partial charge >= 0.3 is 0 Å². The topological polar surface area (TPSA) is 68.3 Å². The molecular weight excluding hydrogens is 523 g/mol. The maximum absolute atomic E-state index is 11.3. The van der Waals surface area contributed by atoms with Crippen LogP contribution < -0.4 is 0 Å². The molecule has 0 heterocycles. The molecule has 0 amide bonds. The molecule has 0 aromatic heterocycles. The van der Waals surface area contributed by atoms with Gasteiger partial charge in [0.1, 0.15) is 11.6 Å². The molecule has 0 bridgehead atoms. The Morgan fingerprint density at radius 3 is 1.11 bits per heavy atom. The van der Waals surface area contributed by atoms with Crippen LogP contribution in [0.1, 0.15) is 47.4 Å². The predicted molar refractivity (Wildman–Crippen MR) is 108 cm³/mol. The summed E-state index contributed by atoms with van der Waals surface area (Å²) in [5.74, 6) is -0.458. The van der Waals surface area contributed by atoms with E-state index in [4.69, 9.17) is 0 Å². The number of Topliss-reactive ketones (excluding diaryl/α,β-unsaturated/α-hetero) is 4. The summed E-state index contributed by atoms with van der Waals surface area (Å²) in [4.78, 5) is 44.0. The summed E-state index contributed by atoms with van der Waals surface area (Å²) in [7, 11) is 0. The molecule has 0 saturated heterocycles. The van der Waals surface area contributed by atoms with Crippen molar-refractivity contribution in [3.8, 4) is 0 Å². The Hall–Kier alpha value is -1.43. The van der Waals surface area contributed by atoms with Crippen LogP contribution >= 0.6 is 31.9 Å². The second-order valence-corrected chi connectivity index (χ2v) is 7.45. The minimum absolute atomic E-state index is 0. The average molecular weight is 541 g/mol. The fourth-order valence-electron chi connectivity index (χ4n) is 1.93. The quantitative estimate of drug-likeness (QED) is 0.286. The van der Waals surface area contributed by atoms with Crippen LogP contribution in [0, 0.1) is 0 Å². The van der Waals surface area contributed by atoms with Crippen LogP contribution in [0.2, 0.25) is 0 Å². The molecule has 0 spiro atoms. The smallest absolute Gasteiger partial charge is 0.170 e. The molecule has 0 unspecified atom stereocenters. The molecule has 0 aliphatic heterocycles. The zero-order valence-electron chi connectivity index (χ0n) is 14.7. The molecule has 2 aromatic rings. The van der Waals surface area contributed by atoms with Crippen LogP contribution in [0.3, 0.4) is 0 Å². The van der Waals surface area contributed by atoms with Crippen LogP contribution in [-0.4, -0.2) is 23.1 Å². The molecule has 7 heteroatoms. The van der Waals surface area contributed by atoms with Crippen molar-refractivity contribution < 1.29 is 35.7 Å². The monoisotopic (exact) mass is 538 g/mol. The molecule has 2 aromatic carbocycles. The second kappa shape index (κ2) is 12.9. The zero-order valence-corrected chi connectivity index (χ0v) is 18.9. The Bertz CT molecular complexity index is 730. The van der Waals surface area contributed by atoms with Gasteiger partial charge in [0.25, 0.3) is 0 Å². The van der Waals surface area contributed by atoms with Gasteiger partial charge in [-0.05, 0) is 38.1 Å². The first kappa shape index (κ1) is 25.6. The molecule has 0 N–H and O–H groups in total. The van der Waals surface area contributed by atoms with Crippen molar-refractivity contribution in [1.29, 1.82) is 0 Å². The Kier molecular flexibility index (Phi) is 12.2. The summed E-state index contributed by atoms with van der Waals surface area (Å²) in [6.07, 6.45) is -0.0245. The van der Waals surface area contributed by atoms with E-state index in [1.165, 1.54) is 13.8 Å². The molecule has 146 valence electrons. The van der Waals surface area contributed by atoms with Crippen molar-refractivity contribution >= 4 is 55.0 Å². The molecule has 2 rings (SSSR count). The van der Waals surface area contributed by atoms with Crippen molar-refractivity contribution in [1.82, 2.24) is 0 Å². The first-order chi connectivity index (χ1) is 12.2. The molecule has 0 saturated carbocycles. The summed E-state index contributed by atoms with van der Waals surface area (Å²) in [6.45, 7) is 2.83. The van der Waals surface area contributed by atoms with Gasteiger partial charge in [0.2, 0.25) is 0 Å². The molecule has 0 atom stereocenters. The maximum atomic E-state index is 11.3. The van der Waals surface area contributed by atoms with E-state index in [-0.39, 0.29) is 52.5 Å². The van der Waals surface area contributed by atoms with E-state index in [0.29, 0.717) is 11.1 Å². The van der Waals surface area contributed by atoms with Crippen molar-refractivity contribution in [3.05, 3.63) is 68.6 Å². The van der Waals surface area contributed by atoms with Gasteiger partial charge in [-0.2, -0.15) is 0 Å². The number of ketones is 4. The zero-order chi connectivity index (χ0) is 19.7. The minimum Gasteiger partial charge on any atom is -0.300 e. The summed E-state index contributed by atoms with van der Waals surface area (Å²) >= 11 is 6.53. The van der Waals surface area contributed by atoms with Gasteiger partial charge in [-0.25, -0.2) is 0 Å². The molecule has 0 radical (unpaired) electrons. The molecular formula is C20H18Br2NiO4. The van der Waals surface area contributed by atoms with Crippen molar-refractivity contribution in [2.24, 2.45) is 0 Å². The second-order valence-electron chi connectivity index (χ2n) is 5.62. The minimum atomic E-state index is -0.125. The van der Waals surface area contributed by atoms with Gasteiger partial charge in [0, 0.05) is 36.6 Å². The Labute approximate surface area is 185 Å². The van der Waals surface area contributed by atoms with Gasteiger partial charge in [-0.15, -0.1) is 0 Å². The third-order valence-electron chi connectivity index (χ3n) is 3.15. The average Bonchev–Trinajstić information content (AvgIpc) is 2.55. The first-order valence-corrected chi connectivity index (χ1v) is 9.34. The van der Waals surface area contributed by atoms with Gasteiger partial charge in [0.05, 0.1) is 12.8 Å². The standard InChI is InChI=1S/2C10H9BrO2.Ni/c2*1-7(12)6-10(13)8-2-4-9(11)5-3-8;/h2*2-5H,6H2,1H3;. The Balaban J connectivity index is 0.000000483. The fraction of sp³-hybridized carbons (Fsp3) is 0.200. The number of hydrogen-bond donors (Lipinski definition) is 0. The molecule has 4 nitrogen and oxygen atoms in total. The molecule has 0 aliphatic carbocycles. The summed E-state index contributed by atoms with van der Waals surface area (Å²) in [6, 6.07) is 14.0. The number of benzene rings is 2. The van der Waals surface area contributed by atoms with Crippen LogP contribution in [0.4, 0.5) is 0 Å². The van der Waals surface area contributed by atoms with Crippen molar-refractivity contribution in [3.63, 3.8) is 0 Å². The van der Waals surface area contributed by atoms with Crippen LogP contribution in [0.5, 0.6) is 0 Å². The van der Waals surface area contributed by atoms with E-state index in [1.807, 2.05) is 0 Å². The summed E-state index contributed by atoms with van der Waals surface area (Å²) < 4.78 is 1.85. The predicted octanol–water partition coefficient (Wildman–Crippen LogP) is 5.22. The van der Waals surface area contributed by atoms with E-state index in [9.17, 15) is 19.2 Å². The fourth-order valence-corrected chi connectivity index (χ4v) is 2.46. The van der Waals surface area contributed by atoms with E-state index >= 15 is 0 Å². The van der Waals surface area contributed by atoms with Crippen LogP contribution in [0.25, 0.3) is 0 Å². The van der Waals surface area contributed by atoms with E-state index in [2.05, 4.69) is 31.9 Å². The molecule has 27 heavy (non-hydrogen) atoms. The van der Waals surface area contributed by atoms with Gasteiger partial charge in [-0.3, -0.25) is 19.2 Å². The normalized spacial score (nSPS) is 9.33. The van der Waals surface area contributed by atoms with Crippen LogP contribution in [-0.2, 0) is 26.1 Å². The maximum Gasteiger partial charge on any atom is 0.170 e. The summed E-state index contributed by atoms with van der Waals surface area (Å²) in [5, 5.41) is 0. The van der Waals surface area contributed by atoms with E-state index < -0.39 is 0 Å². The van der Waals surface area contributed by atoms with E-state index in [0.717, 1.165) is 8.95 Å². The number of hydrogen-bond acceptors (Lipinski definition) is 4. The Morgan fingerprint density at radius 2 is 0.889 bits per heavy atom. The van der Waals surface area contributed by atoms with Crippen molar-refractivity contribution in [2.45, 2.75) is 26.7 Å². The number of rotatable bonds is 6. The summed E-state index contributed by atoms with van der Waals surface area (Å²) in [5.41, 5.74) is 1.16. The van der Waals surface area contributed by atoms with Gasteiger partial charge < -0.3 is 0 Å². The van der Waals surface area contributed by atoms with E-state index in [1.54, 1.807) is 48.5 Å². The SMILES string of the molecule is CC(=O)CC(=O)c1ccc(Br)cc1.CC(=O)CC(=O)c1ccc(Br)cc1.[Ni].